The number of hydrogen-bond donors (Lipinski definition) is 1. The van der Waals surface area contributed by atoms with Crippen LogP contribution in [0.3, 0.4) is 0 Å². The first-order chi connectivity index (χ1) is 10.2. The Bertz CT molecular complexity index is 536. The van der Waals surface area contributed by atoms with Crippen LogP contribution < -0.4 is 10.1 Å². The van der Waals surface area contributed by atoms with Crippen LogP contribution in [0, 0.1) is 12.8 Å². The smallest absolute Gasteiger partial charge is 0.136 e. The van der Waals surface area contributed by atoms with Crippen molar-refractivity contribution in [1.29, 1.82) is 0 Å². The van der Waals surface area contributed by atoms with Crippen LogP contribution in [-0.4, -0.2) is 13.1 Å². The molecule has 1 atom stereocenters. The van der Waals surface area contributed by atoms with Crippen molar-refractivity contribution >= 4 is 0 Å². The molecule has 0 amide bonds. The Kier molecular flexibility index (Phi) is 5.82. The number of hydrogen-bond acceptors (Lipinski definition) is 2. The predicted molar refractivity (Wildman–Crippen MR) is 88.7 cm³/mol. The Labute approximate surface area is 128 Å². The number of rotatable bonds is 7. The van der Waals surface area contributed by atoms with Crippen molar-refractivity contribution in [3.63, 3.8) is 0 Å². The van der Waals surface area contributed by atoms with Gasteiger partial charge in [0.2, 0.25) is 0 Å². The summed E-state index contributed by atoms with van der Waals surface area (Å²) in [7, 11) is 0. The van der Waals surface area contributed by atoms with E-state index < -0.39 is 0 Å². The Morgan fingerprint density at radius 3 is 2.24 bits per heavy atom. The second-order valence-electron chi connectivity index (χ2n) is 5.83. The molecular formula is C19H25NO. The van der Waals surface area contributed by atoms with E-state index in [1.54, 1.807) is 0 Å². The van der Waals surface area contributed by atoms with Crippen LogP contribution in [0.4, 0.5) is 0 Å². The minimum atomic E-state index is 0.0334. The molecule has 112 valence electrons. The zero-order valence-corrected chi connectivity index (χ0v) is 13.2. The molecule has 0 saturated heterocycles. The van der Waals surface area contributed by atoms with Gasteiger partial charge in [-0.25, -0.2) is 0 Å². The van der Waals surface area contributed by atoms with Gasteiger partial charge in [-0.05, 0) is 36.6 Å². The Morgan fingerprint density at radius 2 is 1.57 bits per heavy atom. The molecular weight excluding hydrogens is 258 g/mol. The van der Waals surface area contributed by atoms with E-state index in [0.29, 0.717) is 5.92 Å². The number of nitrogens with one attached hydrogen (secondary N) is 1. The molecule has 0 aliphatic heterocycles. The molecule has 1 N–H and O–H groups in total. The lowest BCUT2D eigenvalue weighted by Crippen LogP contribution is -2.28. The highest BCUT2D eigenvalue weighted by Crippen LogP contribution is 2.24. The summed E-state index contributed by atoms with van der Waals surface area (Å²) < 4.78 is 6.25. The third kappa shape index (κ3) is 4.91. The third-order valence-corrected chi connectivity index (χ3v) is 3.42. The van der Waals surface area contributed by atoms with E-state index in [9.17, 15) is 0 Å². The fraction of sp³-hybridized carbons (Fsp3) is 0.368. The van der Waals surface area contributed by atoms with Crippen molar-refractivity contribution in [3.05, 3.63) is 65.7 Å². The second kappa shape index (κ2) is 7.84. The summed E-state index contributed by atoms with van der Waals surface area (Å²) in [6, 6.07) is 18.6. The van der Waals surface area contributed by atoms with E-state index in [2.05, 4.69) is 56.4 Å². The first-order valence-electron chi connectivity index (χ1n) is 7.64. The van der Waals surface area contributed by atoms with Crippen molar-refractivity contribution in [3.8, 4) is 5.75 Å². The maximum absolute atomic E-state index is 6.25. The molecule has 0 heterocycles. The zero-order chi connectivity index (χ0) is 15.1. The van der Waals surface area contributed by atoms with Crippen molar-refractivity contribution in [2.24, 2.45) is 5.92 Å². The van der Waals surface area contributed by atoms with E-state index in [4.69, 9.17) is 4.74 Å². The largest absolute Gasteiger partial charge is 0.484 e. The molecule has 0 radical (unpaired) electrons. The highest BCUT2D eigenvalue weighted by Gasteiger charge is 2.14. The predicted octanol–water partition coefficient (Wildman–Crippen LogP) is 4.36. The Hall–Kier alpha value is -1.80. The normalized spacial score (nSPS) is 12.4. The minimum absolute atomic E-state index is 0.0334. The summed E-state index contributed by atoms with van der Waals surface area (Å²) in [5.74, 6) is 1.59. The van der Waals surface area contributed by atoms with E-state index in [-0.39, 0.29) is 6.10 Å². The molecule has 2 rings (SSSR count). The second-order valence-corrected chi connectivity index (χ2v) is 5.83. The molecule has 2 aromatic rings. The van der Waals surface area contributed by atoms with Gasteiger partial charge in [-0.2, -0.15) is 0 Å². The molecule has 0 aliphatic rings. The fourth-order valence-corrected chi connectivity index (χ4v) is 2.24. The number of para-hydroxylation sites is 1. The van der Waals surface area contributed by atoms with Gasteiger partial charge in [-0.3, -0.25) is 0 Å². The highest BCUT2D eigenvalue weighted by molar-refractivity contribution is 5.33. The average Bonchev–Trinajstić information content (AvgIpc) is 2.49. The molecule has 0 aliphatic carbocycles. The standard InChI is InChI=1S/C19H25NO/c1-15(2)13-20-14-19(17-10-5-4-6-11-17)21-18-12-8-7-9-16(18)3/h4-12,15,19-20H,13-14H2,1-3H3. The van der Waals surface area contributed by atoms with Gasteiger partial charge in [-0.1, -0.05) is 62.4 Å². The van der Waals surface area contributed by atoms with Gasteiger partial charge in [0.15, 0.2) is 0 Å². The maximum Gasteiger partial charge on any atom is 0.136 e. The van der Waals surface area contributed by atoms with Crippen LogP contribution in [0.5, 0.6) is 5.75 Å². The van der Waals surface area contributed by atoms with Crippen molar-refractivity contribution in [1.82, 2.24) is 5.32 Å². The zero-order valence-electron chi connectivity index (χ0n) is 13.2. The topological polar surface area (TPSA) is 21.3 Å². The van der Waals surface area contributed by atoms with Crippen LogP contribution >= 0.6 is 0 Å². The van der Waals surface area contributed by atoms with Crippen LogP contribution in [0.25, 0.3) is 0 Å². The molecule has 2 nitrogen and oxygen atoms in total. The minimum Gasteiger partial charge on any atom is -0.484 e. The number of aryl methyl sites for hydroxylation is 1. The fourth-order valence-electron chi connectivity index (χ4n) is 2.24. The Morgan fingerprint density at radius 1 is 0.905 bits per heavy atom. The lowest BCUT2D eigenvalue weighted by atomic mass is 10.1. The monoisotopic (exact) mass is 283 g/mol. The first kappa shape index (κ1) is 15.6. The molecule has 0 bridgehead atoms. The number of benzene rings is 2. The van der Waals surface area contributed by atoms with Crippen LogP contribution in [0.15, 0.2) is 54.6 Å². The molecule has 1 unspecified atom stereocenters. The summed E-state index contributed by atoms with van der Waals surface area (Å²) in [5.41, 5.74) is 2.37. The summed E-state index contributed by atoms with van der Waals surface area (Å²) >= 11 is 0. The van der Waals surface area contributed by atoms with Crippen LogP contribution in [-0.2, 0) is 0 Å². The van der Waals surface area contributed by atoms with Gasteiger partial charge < -0.3 is 10.1 Å². The van der Waals surface area contributed by atoms with Gasteiger partial charge >= 0.3 is 0 Å². The van der Waals surface area contributed by atoms with E-state index in [1.807, 2.05) is 24.3 Å². The van der Waals surface area contributed by atoms with E-state index in [0.717, 1.165) is 18.8 Å². The summed E-state index contributed by atoms with van der Waals surface area (Å²) in [5, 5.41) is 3.50. The molecule has 2 aromatic carbocycles. The third-order valence-electron chi connectivity index (χ3n) is 3.42. The summed E-state index contributed by atoms with van der Waals surface area (Å²) in [4.78, 5) is 0. The first-order valence-corrected chi connectivity index (χ1v) is 7.64. The average molecular weight is 283 g/mol. The SMILES string of the molecule is Cc1ccccc1OC(CNCC(C)C)c1ccccc1. The van der Waals surface area contributed by atoms with Crippen molar-refractivity contribution in [2.45, 2.75) is 26.9 Å². The lowest BCUT2D eigenvalue weighted by molar-refractivity contribution is 0.199. The summed E-state index contributed by atoms with van der Waals surface area (Å²) in [6.45, 7) is 8.33. The van der Waals surface area contributed by atoms with Gasteiger partial charge in [0.05, 0.1) is 0 Å². The molecule has 21 heavy (non-hydrogen) atoms. The van der Waals surface area contributed by atoms with E-state index in [1.165, 1.54) is 11.1 Å². The molecule has 0 fully saturated rings. The quantitative estimate of drug-likeness (QED) is 0.815. The van der Waals surface area contributed by atoms with Crippen LogP contribution in [0.2, 0.25) is 0 Å². The van der Waals surface area contributed by atoms with Gasteiger partial charge in [0.25, 0.3) is 0 Å². The van der Waals surface area contributed by atoms with Gasteiger partial charge in [0.1, 0.15) is 11.9 Å². The van der Waals surface area contributed by atoms with E-state index >= 15 is 0 Å². The molecule has 0 aromatic heterocycles. The molecule has 0 spiro atoms. The van der Waals surface area contributed by atoms with Gasteiger partial charge in [0, 0.05) is 6.54 Å². The lowest BCUT2D eigenvalue weighted by Gasteiger charge is -2.22. The molecule has 2 heteroatoms. The highest BCUT2D eigenvalue weighted by atomic mass is 16.5. The maximum atomic E-state index is 6.25. The Balaban J connectivity index is 2.10. The van der Waals surface area contributed by atoms with Crippen molar-refractivity contribution in [2.75, 3.05) is 13.1 Å². The molecule has 0 saturated carbocycles. The van der Waals surface area contributed by atoms with Crippen molar-refractivity contribution < 1.29 is 4.74 Å². The number of ether oxygens (including phenoxy) is 1. The van der Waals surface area contributed by atoms with Gasteiger partial charge in [-0.15, -0.1) is 0 Å². The van der Waals surface area contributed by atoms with Crippen LogP contribution in [0.1, 0.15) is 31.1 Å². The summed E-state index contributed by atoms with van der Waals surface area (Å²) in [6.07, 6.45) is 0.0334.